The van der Waals surface area contributed by atoms with E-state index in [0.717, 1.165) is 5.56 Å². The summed E-state index contributed by atoms with van der Waals surface area (Å²) in [5, 5.41) is 0. The van der Waals surface area contributed by atoms with E-state index in [1.165, 1.54) is 4.90 Å². The van der Waals surface area contributed by atoms with Gasteiger partial charge in [0.25, 0.3) is 5.91 Å². The summed E-state index contributed by atoms with van der Waals surface area (Å²) in [6, 6.07) is 6.53. The Labute approximate surface area is 151 Å². The monoisotopic (exact) mass is 379 g/mol. The van der Waals surface area contributed by atoms with E-state index < -0.39 is 27.6 Å². The lowest BCUT2D eigenvalue weighted by atomic mass is 10.1. The number of rotatable bonds is 3. The fraction of sp³-hybridized carbons (Fsp3) is 0.471. The molecule has 3 amide bonds. The average Bonchev–Trinajstić information content (AvgIpc) is 3.15. The molecule has 3 rings (SSSR count). The summed E-state index contributed by atoms with van der Waals surface area (Å²) in [6.45, 7) is 2.08. The molecule has 0 aromatic heterocycles. The van der Waals surface area contributed by atoms with Crippen LogP contribution in [0.3, 0.4) is 0 Å². The van der Waals surface area contributed by atoms with E-state index in [2.05, 4.69) is 10.9 Å². The number of sulfone groups is 1. The molecule has 0 radical (unpaired) electrons. The zero-order chi connectivity index (χ0) is 18.9. The maximum atomic E-state index is 12.2. The zero-order valence-corrected chi connectivity index (χ0v) is 15.2. The maximum Gasteiger partial charge on any atom is 0.269 e. The number of likely N-dealkylation sites (tertiary alicyclic amines) is 1. The lowest BCUT2D eigenvalue weighted by molar-refractivity contribution is -0.130. The molecule has 0 spiro atoms. The largest absolute Gasteiger partial charge is 0.338 e. The van der Waals surface area contributed by atoms with E-state index in [1.54, 1.807) is 24.3 Å². The Morgan fingerprint density at radius 3 is 2.46 bits per heavy atom. The molecule has 0 saturated carbocycles. The van der Waals surface area contributed by atoms with Crippen molar-refractivity contribution in [2.75, 3.05) is 18.1 Å². The molecule has 2 heterocycles. The zero-order valence-electron chi connectivity index (χ0n) is 14.4. The lowest BCUT2D eigenvalue weighted by Gasteiger charge is -2.22. The first-order chi connectivity index (χ1) is 12.2. The Hall–Kier alpha value is -2.42. The van der Waals surface area contributed by atoms with Crippen molar-refractivity contribution in [2.45, 2.75) is 25.8 Å². The number of nitrogens with one attached hydrogen (secondary N) is 2. The van der Waals surface area contributed by atoms with Gasteiger partial charge >= 0.3 is 0 Å². The number of carbonyl (C=O) groups excluding carboxylic acids is 3. The van der Waals surface area contributed by atoms with Crippen LogP contribution in [0.15, 0.2) is 24.3 Å². The normalized spacial score (nSPS) is 24.5. The summed E-state index contributed by atoms with van der Waals surface area (Å²) < 4.78 is 23.2. The molecule has 9 heteroatoms. The third kappa shape index (κ3) is 4.04. The van der Waals surface area contributed by atoms with Crippen molar-refractivity contribution in [3.63, 3.8) is 0 Å². The van der Waals surface area contributed by atoms with Gasteiger partial charge in [0, 0.05) is 24.6 Å². The SMILES string of the molecule is Cc1ccc(C(=O)NNC(=O)C2CC(=O)N(C3CCS(=O)(=O)C3)C2)cc1. The lowest BCUT2D eigenvalue weighted by Crippen LogP contribution is -2.45. The molecule has 2 unspecified atom stereocenters. The minimum absolute atomic E-state index is 0.0166. The van der Waals surface area contributed by atoms with Gasteiger partial charge in [0.15, 0.2) is 9.84 Å². The van der Waals surface area contributed by atoms with Gasteiger partial charge in [0.1, 0.15) is 0 Å². The third-order valence-electron chi connectivity index (χ3n) is 4.79. The van der Waals surface area contributed by atoms with Crippen LogP contribution in [0.25, 0.3) is 0 Å². The number of carbonyl (C=O) groups is 3. The highest BCUT2D eigenvalue weighted by Crippen LogP contribution is 2.26. The van der Waals surface area contributed by atoms with Crippen LogP contribution in [0.1, 0.15) is 28.8 Å². The Morgan fingerprint density at radius 2 is 1.85 bits per heavy atom. The van der Waals surface area contributed by atoms with E-state index in [9.17, 15) is 22.8 Å². The minimum atomic E-state index is -3.10. The van der Waals surface area contributed by atoms with Crippen LogP contribution >= 0.6 is 0 Å². The van der Waals surface area contributed by atoms with Gasteiger partial charge in [-0.1, -0.05) is 17.7 Å². The van der Waals surface area contributed by atoms with Crippen LogP contribution in [0.5, 0.6) is 0 Å². The van der Waals surface area contributed by atoms with E-state index in [1.807, 2.05) is 6.92 Å². The first kappa shape index (κ1) is 18.4. The smallest absolute Gasteiger partial charge is 0.269 e. The second kappa shape index (κ2) is 7.06. The molecule has 2 aliphatic heterocycles. The van der Waals surface area contributed by atoms with Gasteiger partial charge in [-0.2, -0.15) is 0 Å². The highest BCUT2D eigenvalue weighted by molar-refractivity contribution is 7.91. The Morgan fingerprint density at radius 1 is 1.15 bits per heavy atom. The van der Waals surface area contributed by atoms with Crippen molar-refractivity contribution in [1.29, 1.82) is 0 Å². The molecule has 1 aromatic carbocycles. The summed E-state index contributed by atoms with van der Waals surface area (Å²) in [5.74, 6) is -1.70. The van der Waals surface area contributed by atoms with Crippen molar-refractivity contribution in [3.8, 4) is 0 Å². The van der Waals surface area contributed by atoms with Crippen LogP contribution in [-0.4, -0.2) is 55.1 Å². The molecule has 1 aromatic rings. The van der Waals surface area contributed by atoms with Gasteiger partial charge in [-0.3, -0.25) is 25.2 Å². The number of hydrazine groups is 1. The molecule has 2 aliphatic rings. The van der Waals surface area contributed by atoms with Crippen LogP contribution in [0.4, 0.5) is 0 Å². The summed E-state index contributed by atoms with van der Waals surface area (Å²) in [4.78, 5) is 37.9. The molecule has 2 fully saturated rings. The number of benzene rings is 1. The number of amides is 3. The number of aryl methyl sites for hydroxylation is 1. The van der Waals surface area contributed by atoms with Crippen LogP contribution in [0.2, 0.25) is 0 Å². The van der Waals surface area contributed by atoms with E-state index >= 15 is 0 Å². The van der Waals surface area contributed by atoms with Crippen molar-refractivity contribution in [3.05, 3.63) is 35.4 Å². The number of hydrogen-bond donors (Lipinski definition) is 2. The molecular formula is C17H21N3O5S. The van der Waals surface area contributed by atoms with Gasteiger partial charge in [0.05, 0.1) is 17.4 Å². The van der Waals surface area contributed by atoms with Crippen molar-refractivity contribution < 1.29 is 22.8 Å². The first-order valence-corrected chi connectivity index (χ1v) is 10.2. The summed E-state index contributed by atoms with van der Waals surface area (Å²) >= 11 is 0. The van der Waals surface area contributed by atoms with Gasteiger partial charge in [-0.05, 0) is 25.5 Å². The average molecular weight is 379 g/mol. The van der Waals surface area contributed by atoms with Gasteiger partial charge < -0.3 is 4.90 Å². The molecule has 2 N–H and O–H groups in total. The minimum Gasteiger partial charge on any atom is -0.338 e. The Balaban J connectivity index is 1.53. The molecule has 26 heavy (non-hydrogen) atoms. The topological polar surface area (TPSA) is 113 Å². The second-order valence-electron chi connectivity index (χ2n) is 6.81. The number of hydrogen-bond acceptors (Lipinski definition) is 5. The first-order valence-electron chi connectivity index (χ1n) is 8.42. The molecular weight excluding hydrogens is 358 g/mol. The molecule has 140 valence electrons. The summed E-state index contributed by atoms with van der Waals surface area (Å²) in [7, 11) is -3.10. The van der Waals surface area contributed by atoms with Crippen LogP contribution in [-0.2, 0) is 19.4 Å². The van der Waals surface area contributed by atoms with Crippen LogP contribution < -0.4 is 10.9 Å². The standard InChI is InChI=1S/C17H21N3O5S/c1-11-2-4-12(5-3-11)16(22)18-19-17(23)13-8-15(21)20(9-13)14-6-7-26(24,25)10-14/h2-5,13-14H,6-10H2,1H3,(H,18,22)(H,19,23). The molecule has 2 atom stereocenters. The molecule has 0 bridgehead atoms. The molecule has 8 nitrogen and oxygen atoms in total. The van der Waals surface area contributed by atoms with Crippen LogP contribution in [0, 0.1) is 12.8 Å². The van der Waals surface area contributed by atoms with Gasteiger partial charge in [-0.15, -0.1) is 0 Å². The summed E-state index contributed by atoms with van der Waals surface area (Å²) in [6.07, 6.45) is 0.426. The van der Waals surface area contributed by atoms with Gasteiger partial charge in [0.2, 0.25) is 11.8 Å². The maximum absolute atomic E-state index is 12.2. The highest BCUT2D eigenvalue weighted by atomic mass is 32.2. The van der Waals surface area contributed by atoms with E-state index in [4.69, 9.17) is 0 Å². The predicted molar refractivity (Wildman–Crippen MR) is 93.7 cm³/mol. The Bertz CT molecular complexity index is 834. The predicted octanol–water partition coefficient (Wildman–Crippen LogP) is -0.208. The molecule has 2 saturated heterocycles. The number of nitrogens with zero attached hydrogens (tertiary/aromatic N) is 1. The molecule has 0 aliphatic carbocycles. The van der Waals surface area contributed by atoms with Crippen molar-refractivity contribution >= 4 is 27.6 Å². The van der Waals surface area contributed by atoms with E-state index in [-0.39, 0.29) is 36.4 Å². The fourth-order valence-corrected chi connectivity index (χ4v) is 5.01. The fourth-order valence-electron chi connectivity index (χ4n) is 3.28. The highest BCUT2D eigenvalue weighted by Gasteiger charge is 2.41. The van der Waals surface area contributed by atoms with Gasteiger partial charge in [-0.25, -0.2) is 8.42 Å². The van der Waals surface area contributed by atoms with Crippen molar-refractivity contribution in [1.82, 2.24) is 15.8 Å². The quantitative estimate of drug-likeness (QED) is 0.706. The Kier molecular flexibility index (Phi) is 4.99. The van der Waals surface area contributed by atoms with E-state index in [0.29, 0.717) is 12.0 Å². The third-order valence-corrected chi connectivity index (χ3v) is 6.54. The second-order valence-corrected chi connectivity index (χ2v) is 9.04. The summed E-state index contributed by atoms with van der Waals surface area (Å²) in [5.41, 5.74) is 6.12. The van der Waals surface area contributed by atoms with Crippen molar-refractivity contribution in [2.24, 2.45) is 5.92 Å².